The van der Waals surface area contributed by atoms with Gasteiger partial charge in [-0.3, -0.25) is 0 Å². The summed E-state index contributed by atoms with van der Waals surface area (Å²) in [6.45, 7) is 4.14. The van der Waals surface area contributed by atoms with E-state index in [9.17, 15) is 8.78 Å². The Morgan fingerprint density at radius 2 is 1.68 bits per heavy atom. The van der Waals surface area contributed by atoms with Crippen molar-refractivity contribution in [3.8, 4) is 0 Å². The van der Waals surface area contributed by atoms with Gasteiger partial charge in [-0.2, -0.15) is 0 Å². The molecule has 5 heteroatoms. The second-order valence-corrected chi connectivity index (χ2v) is 5.60. The number of nitrogens with two attached hydrogens (primary N) is 1. The van der Waals surface area contributed by atoms with E-state index in [1.54, 1.807) is 12.1 Å². The molecule has 0 saturated heterocycles. The van der Waals surface area contributed by atoms with Gasteiger partial charge in [-0.1, -0.05) is 38.1 Å². The van der Waals surface area contributed by atoms with Gasteiger partial charge in [0.15, 0.2) is 0 Å². The van der Waals surface area contributed by atoms with E-state index in [2.05, 4.69) is 18.8 Å². The fourth-order valence-electron chi connectivity index (χ4n) is 1.70. The highest BCUT2D eigenvalue weighted by Gasteiger charge is 2.15. The minimum Gasteiger partial charge on any atom is -0.318 e. The lowest BCUT2D eigenvalue weighted by molar-refractivity contribution is 0.151. The third kappa shape index (κ3) is 3.16. The van der Waals surface area contributed by atoms with Crippen LogP contribution in [-0.2, 0) is 0 Å². The van der Waals surface area contributed by atoms with Crippen LogP contribution < -0.4 is 5.73 Å². The Balaban J connectivity index is 2.20. The predicted octanol–water partition coefficient (Wildman–Crippen LogP) is 4.25. The van der Waals surface area contributed by atoms with Gasteiger partial charge in [0.2, 0.25) is 0 Å². The van der Waals surface area contributed by atoms with Gasteiger partial charge in [0.25, 0.3) is 6.43 Å². The summed E-state index contributed by atoms with van der Waals surface area (Å²) in [5.41, 5.74) is 7.94. The standard InChI is InChI=1S/C14H16F2N2S/c1-8(2)11-7-19-14(18-11)12(17)9-3-5-10(6-4-9)13(15)16/h3-8,12-13H,17H2,1-2H3. The van der Waals surface area contributed by atoms with Crippen molar-refractivity contribution in [1.29, 1.82) is 0 Å². The Morgan fingerprint density at radius 3 is 2.16 bits per heavy atom. The Labute approximate surface area is 115 Å². The van der Waals surface area contributed by atoms with Gasteiger partial charge in [-0.25, -0.2) is 13.8 Å². The number of alkyl halides is 2. The van der Waals surface area contributed by atoms with Crippen molar-refractivity contribution in [1.82, 2.24) is 4.98 Å². The fraction of sp³-hybridized carbons (Fsp3) is 0.357. The van der Waals surface area contributed by atoms with E-state index in [-0.39, 0.29) is 11.6 Å². The van der Waals surface area contributed by atoms with E-state index in [0.29, 0.717) is 5.92 Å². The van der Waals surface area contributed by atoms with Crippen LogP contribution in [0.5, 0.6) is 0 Å². The minimum absolute atomic E-state index is 0.0120. The zero-order chi connectivity index (χ0) is 14.0. The summed E-state index contributed by atoms with van der Waals surface area (Å²) >= 11 is 1.51. The van der Waals surface area contributed by atoms with Gasteiger partial charge in [-0.05, 0) is 11.5 Å². The number of aromatic nitrogens is 1. The Bertz CT molecular complexity index is 535. The molecule has 0 bridgehead atoms. The average molecular weight is 282 g/mol. The van der Waals surface area contributed by atoms with Crippen LogP contribution in [0.15, 0.2) is 29.6 Å². The lowest BCUT2D eigenvalue weighted by Gasteiger charge is -2.10. The summed E-state index contributed by atoms with van der Waals surface area (Å²) in [6, 6.07) is 5.75. The average Bonchev–Trinajstić information content (AvgIpc) is 2.87. The molecule has 1 unspecified atom stereocenters. The first-order valence-corrected chi connectivity index (χ1v) is 6.96. The summed E-state index contributed by atoms with van der Waals surface area (Å²) in [4.78, 5) is 4.49. The van der Waals surface area contributed by atoms with Gasteiger partial charge in [0, 0.05) is 10.9 Å². The molecule has 0 saturated carbocycles. The normalized spacial score (nSPS) is 13.2. The number of thiazole rings is 1. The van der Waals surface area contributed by atoms with Crippen LogP contribution in [-0.4, -0.2) is 4.98 Å². The first-order chi connectivity index (χ1) is 8.99. The number of rotatable bonds is 4. The topological polar surface area (TPSA) is 38.9 Å². The van der Waals surface area contributed by atoms with E-state index in [0.717, 1.165) is 16.3 Å². The SMILES string of the molecule is CC(C)c1csc(C(N)c2ccc(C(F)F)cc2)n1. The summed E-state index contributed by atoms with van der Waals surface area (Å²) < 4.78 is 24.9. The molecule has 1 aromatic heterocycles. The van der Waals surface area contributed by atoms with E-state index in [1.807, 2.05) is 5.38 Å². The molecule has 2 N–H and O–H groups in total. The second-order valence-electron chi connectivity index (χ2n) is 4.71. The van der Waals surface area contributed by atoms with E-state index in [1.165, 1.54) is 23.5 Å². The van der Waals surface area contributed by atoms with E-state index in [4.69, 9.17) is 5.73 Å². The van der Waals surface area contributed by atoms with Crippen molar-refractivity contribution in [2.24, 2.45) is 5.73 Å². The number of hydrogen-bond donors (Lipinski definition) is 1. The molecular formula is C14H16F2N2S. The monoisotopic (exact) mass is 282 g/mol. The third-order valence-corrected chi connectivity index (χ3v) is 3.89. The zero-order valence-electron chi connectivity index (χ0n) is 10.8. The zero-order valence-corrected chi connectivity index (χ0v) is 11.6. The molecule has 102 valence electrons. The summed E-state index contributed by atoms with van der Waals surface area (Å²) in [6.07, 6.45) is -2.45. The van der Waals surface area contributed by atoms with Crippen molar-refractivity contribution in [3.05, 3.63) is 51.5 Å². The Kier molecular flexibility index (Phi) is 4.27. The number of halogens is 2. The first kappa shape index (κ1) is 14.1. The van der Waals surface area contributed by atoms with Crippen LogP contribution in [0, 0.1) is 0 Å². The summed E-state index contributed by atoms with van der Waals surface area (Å²) in [7, 11) is 0. The van der Waals surface area contributed by atoms with Crippen molar-refractivity contribution in [2.75, 3.05) is 0 Å². The molecule has 0 aliphatic rings. The molecule has 0 aliphatic heterocycles. The molecule has 19 heavy (non-hydrogen) atoms. The molecule has 1 aromatic carbocycles. The second kappa shape index (κ2) is 5.75. The van der Waals surface area contributed by atoms with Crippen molar-refractivity contribution in [2.45, 2.75) is 32.2 Å². The van der Waals surface area contributed by atoms with Gasteiger partial charge in [-0.15, -0.1) is 11.3 Å². The maximum absolute atomic E-state index is 12.5. The summed E-state index contributed by atoms with van der Waals surface area (Å²) in [5.74, 6) is 0.360. The van der Waals surface area contributed by atoms with Crippen LogP contribution >= 0.6 is 11.3 Å². The summed E-state index contributed by atoms with van der Waals surface area (Å²) in [5, 5.41) is 2.81. The number of nitrogens with zero attached hydrogens (tertiary/aromatic N) is 1. The fourth-order valence-corrected chi connectivity index (χ4v) is 2.71. The van der Waals surface area contributed by atoms with Crippen molar-refractivity contribution < 1.29 is 8.78 Å². The van der Waals surface area contributed by atoms with Crippen LogP contribution in [0.1, 0.15) is 54.1 Å². The highest BCUT2D eigenvalue weighted by molar-refractivity contribution is 7.09. The van der Waals surface area contributed by atoms with Crippen LogP contribution in [0.3, 0.4) is 0 Å². The number of benzene rings is 1. The van der Waals surface area contributed by atoms with Gasteiger partial charge in [0.05, 0.1) is 11.7 Å². The highest BCUT2D eigenvalue weighted by Crippen LogP contribution is 2.27. The quantitative estimate of drug-likeness (QED) is 0.910. The van der Waals surface area contributed by atoms with E-state index >= 15 is 0 Å². The lowest BCUT2D eigenvalue weighted by atomic mass is 10.1. The molecule has 0 amide bonds. The molecular weight excluding hydrogens is 266 g/mol. The molecule has 0 aliphatic carbocycles. The maximum atomic E-state index is 12.5. The molecule has 2 nitrogen and oxygen atoms in total. The molecule has 1 heterocycles. The molecule has 0 spiro atoms. The molecule has 1 atom stereocenters. The minimum atomic E-state index is -2.45. The first-order valence-electron chi connectivity index (χ1n) is 6.08. The van der Waals surface area contributed by atoms with Crippen LogP contribution in [0.25, 0.3) is 0 Å². The van der Waals surface area contributed by atoms with Crippen molar-refractivity contribution >= 4 is 11.3 Å². The maximum Gasteiger partial charge on any atom is 0.263 e. The largest absolute Gasteiger partial charge is 0.318 e. The number of hydrogen-bond acceptors (Lipinski definition) is 3. The smallest absolute Gasteiger partial charge is 0.263 e. The van der Waals surface area contributed by atoms with Crippen LogP contribution in [0.4, 0.5) is 8.78 Å². The van der Waals surface area contributed by atoms with Gasteiger partial charge in [0.1, 0.15) is 5.01 Å². The highest BCUT2D eigenvalue weighted by atomic mass is 32.1. The lowest BCUT2D eigenvalue weighted by Crippen LogP contribution is -2.11. The Morgan fingerprint density at radius 1 is 1.11 bits per heavy atom. The Hall–Kier alpha value is -1.33. The molecule has 0 radical (unpaired) electrons. The molecule has 2 rings (SSSR count). The van der Waals surface area contributed by atoms with Crippen molar-refractivity contribution in [3.63, 3.8) is 0 Å². The molecule has 2 aromatic rings. The van der Waals surface area contributed by atoms with Gasteiger partial charge >= 0.3 is 0 Å². The van der Waals surface area contributed by atoms with Crippen LogP contribution in [0.2, 0.25) is 0 Å². The predicted molar refractivity (Wildman–Crippen MR) is 73.6 cm³/mol. The third-order valence-electron chi connectivity index (χ3n) is 2.94. The van der Waals surface area contributed by atoms with Gasteiger partial charge < -0.3 is 5.73 Å². The molecule has 0 fully saturated rings. The van der Waals surface area contributed by atoms with E-state index < -0.39 is 6.43 Å².